The fourth-order valence-corrected chi connectivity index (χ4v) is 1.17. The van der Waals surface area contributed by atoms with Gasteiger partial charge in [0.1, 0.15) is 12.1 Å². The first-order chi connectivity index (χ1) is 7.75. The number of hydrogen-bond donors (Lipinski definition) is 4. The maximum absolute atomic E-state index is 11.4. The summed E-state index contributed by atoms with van der Waals surface area (Å²) in [4.78, 5) is 32.6. The second-order valence-corrected chi connectivity index (χ2v) is 4.11. The van der Waals surface area contributed by atoms with E-state index in [2.05, 4.69) is 5.32 Å². The number of carbonyl (C=O) groups is 3. The van der Waals surface area contributed by atoms with Crippen molar-refractivity contribution in [1.82, 2.24) is 5.32 Å². The normalized spacial score (nSPS) is 14.1. The molecule has 0 saturated carbocycles. The second kappa shape index (κ2) is 6.85. The molecule has 5 N–H and O–H groups in total. The van der Waals surface area contributed by atoms with Crippen molar-refractivity contribution < 1.29 is 24.6 Å². The van der Waals surface area contributed by atoms with Crippen molar-refractivity contribution in [2.75, 3.05) is 0 Å². The number of carboxylic acid groups (broad SMARTS) is 2. The number of amides is 1. The van der Waals surface area contributed by atoms with Crippen LogP contribution in [0.4, 0.5) is 0 Å². The van der Waals surface area contributed by atoms with Crippen LogP contribution in [0.3, 0.4) is 0 Å². The van der Waals surface area contributed by atoms with Crippen LogP contribution in [0.15, 0.2) is 0 Å². The Morgan fingerprint density at radius 3 is 2.06 bits per heavy atom. The van der Waals surface area contributed by atoms with Gasteiger partial charge in [-0.3, -0.25) is 9.59 Å². The molecule has 0 fully saturated rings. The van der Waals surface area contributed by atoms with Crippen LogP contribution in [0, 0.1) is 5.92 Å². The predicted octanol–water partition coefficient (Wildman–Crippen LogP) is -0.596. The highest BCUT2D eigenvalue weighted by atomic mass is 16.4. The third kappa shape index (κ3) is 5.86. The van der Waals surface area contributed by atoms with Gasteiger partial charge in [0.25, 0.3) is 0 Å². The molecule has 0 aliphatic heterocycles. The Kier molecular flexibility index (Phi) is 6.19. The number of nitrogens with two attached hydrogens (primary N) is 1. The van der Waals surface area contributed by atoms with Crippen LogP contribution in [0.1, 0.15) is 26.7 Å². The monoisotopic (exact) mass is 246 g/mol. The maximum Gasteiger partial charge on any atom is 0.326 e. The first kappa shape index (κ1) is 15.4. The number of hydrogen-bond acceptors (Lipinski definition) is 4. The van der Waals surface area contributed by atoms with Gasteiger partial charge in [-0.1, -0.05) is 13.8 Å². The van der Waals surface area contributed by atoms with Crippen molar-refractivity contribution in [3.63, 3.8) is 0 Å². The summed E-state index contributed by atoms with van der Waals surface area (Å²) in [6.45, 7) is 3.34. The van der Waals surface area contributed by atoms with Crippen LogP contribution in [0.2, 0.25) is 0 Å². The number of aliphatic carboxylic acids is 2. The summed E-state index contributed by atoms with van der Waals surface area (Å²) < 4.78 is 0. The number of carbonyl (C=O) groups excluding carboxylic acids is 1. The van der Waals surface area contributed by atoms with Crippen LogP contribution in [0.25, 0.3) is 0 Å². The Balaban J connectivity index is 4.16. The molecule has 0 rings (SSSR count). The SMILES string of the molecule is CC(C)C(NC(=O)CC[C@H](N)C(=O)O)C(=O)O. The molecule has 0 aliphatic rings. The van der Waals surface area contributed by atoms with Crippen LogP contribution in [0.5, 0.6) is 0 Å². The number of rotatable bonds is 7. The van der Waals surface area contributed by atoms with Gasteiger partial charge in [-0.2, -0.15) is 0 Å². The van der Waals surface area contributed by atoms with Gasteiger partial charge in [-0.25, -0.2) is 4.79 Å². The quantitative estimate of drug-likeness (QED) is 0.474. The molecule has 98 valence electrons. The second-order valence-electron chi connectivity index (χ2n) is 4.11. The molecule has 0 aromatic carbocycles. The lowest BCUT2D eigenvalue weighted by molar-refractivity contribution is -0.143. The highest BCUT2D eigenvalue weighted by Crippen LogP contribution is 2.03. The summed E-state index contributed by atoms with van der Waals surface area (Å²) in [5.41, 5.74) is 5.22. The number of carboxylic acids is 2. The zero-order valence-electron chi connectivity index (χ0n) is 9.84. The Morgan fingerprint density at radius 1 is 1.18 bits per heavy atom. The molecule has 0 bridgehead atoms. The minimum absolute atomic E-state index is 0.0222. The lowest BCUT2D eigenvalue weighted by Crippen LogP contribution is -2.44. The molecular formula is C10H18N2O5. The Morgan fingerprint density at radius 2 is 1.71 bits per heavy atom. The molecule has 0 saturated heterocycles. The van der Waals surface area contributed by atoms with Crippen LogP contribution >= 0.6 is 0 Å². The van der Waals surface area contributed by atoms with Gasteiger partial charge in [0, 0.05) is 6.42 Å². The molecule has 0 aromatic rings. The molecule has 2 atom stereocenters. The molecule has 17 heavy (non-hydrogen) atoms. The average Bonchev–Trinajstić information content (AvgIpc) is 2.21. The van der Waals surface area contributed by atoms with Crippen molar-refractivity contribution in [2.24, 2.45) is 11.7 Å². The fourth-order valence-electron chi connectivity index (χ4n) is 1.17. The van der Waals surface area contributed by atoms with Gasteiger partial charge in [0.05, 0.1) is 0 Å². The zero-order chi connectivity index (χ0) is 13.6. The molecule has 0 heterocycles. The third-order valence-electron chi connectivity index (χ3n) is 2.25. The van der Waals surface area contributed by atoms with Gasteiger partial charge in [0.2, 0.25) is 5.91 Å². The molecular weight excluding hydrogens is 228 g/mol. The Hall–Kier alpha value is -1.63. The summed E-state index contributed by atoms with van der Waals surface area (Å²) >= 11 is 0. The van der Waals surface area contributed by atoms with Crippen LogP contribution < -0.4 is 11.1 Å². The summed E-state index contributed by atoms with van der Waals surface area (Å²) in [6.07, 6.45) is -0.129. The van der Waals surface area contributed by atoms with E-state index < -0.39 is 29.9 Å². The van der Waals surface area contributed by atoms with Gasteiger partial charge >= 0.3 is 11.9 Å². The van der Waals surface area contributed by atoms with E-state index in [4.69, 9.17) is 15.9 Å². The summed E-state index contributed by atoms with van der Waals surface area (Å²) in [5, 5.41) is 19.7. The van der Waals surface area contributed by atoms with E-state index in [1.807, 2.05) is 0 Å². The standard InChI is InChI=1S/C10H18N2O5/c1-5(2)8(10(16)17)12-7(13)4-3-6(11)9(14)15/h5-6,8H,3-4,11H2,1-2H3,(H,12,13)(H,14,15)(H,16,17)/t6-,8?/m0/s1. The van der Waals surface area contributed by atoms with Gasteiger partial charge < -0.3 is 21.3 Å². The lowest BCUT2D eigenvalue weighted by atomic mass is 10.0. The van der Waals surface area contributed by atoms with Crippen molar-refractivity contribution in [3.8, 4) is 0 Å². The van der Waals surface area contributed by atoms with E-state index in [0.717, 1.165) is 0 Å². The smallest absolute Gasteiger partial charge is 0.326 e. The van der Waals surface area contributed by atoms with E-state index in [1.54, 1.807) is 13.8 Å². The highest BCUT2D eigenvalue weighted by Gasteiger charge is 2.23. The van der Waals surface area contributed by atoms with Gasteiger partial charge in [-0.05, 0) is 12.3 Å². The third-order valence-corrected chi connectivity index (χ3v) is 2.25. The number of nitrogens with one attached hydrogen (secondary N) is 1. The summed E-state index contributed by atoms with van der Waals surface area (Å²) in [7, 11) is 0. The van der Waals surface area contributed by atoms with E-state index in [9.17, 15) is 14.4 Å². The van der Waals surface area contributed by atoms with E-state index in [1.165, 1.54) is 0 Å². The summed E-state index contributed by atoms with van der Waals surface area (Å²) in [6, 6.07) is -2.08. The first-order valence-corrected chi connectivity index (χ1v) is 5.26. The van der Waals surface area contributed by atoms with Crippen molar-refractivity contribution in [2.45, 2.75) is 38.8 Å². The molecule has 0 aromatic heterocycles. The highest BCUT2D eigenvalue weighted by molar-refractivity contribution is 5.84. The molecule has 0 spiro atoms. The predicted molar refractivity (Wildman–Crippen MR) is 59.2 cm³/mol. The Bertz CT molecular complexity index is 303. The molecule has 1 amide bonds. The topological polar surface area (TPSA) is 130 Å². The van der Waals surface area contributed by atoms with Crippen LogP contribution in [-0.4, -0.2) is 40.1 Å². The van der Waals surface area contributed by atoms with Crippen molar-refractivity contribution >= 4 is 17.8 Å². The molecule has 0 aliphatic carbocycles. The maximum atomic E-state index is 11.4. The minimum atomic E-state index is -1.18. The fraction of sp³-hybridized carbons (Fsp3) is 0.700. The first-order valence-electron chi connectivity index (χ1n) is 5.26. The zero-order valence-corrected chi connectivity index (χ0v) is 9.84. The molecule has 0 radical (unpaired) electrons. The van der Waals surface area contributed by atoms with E-state index in [0.29, 0.717) is 0 Å². The molecule has 7 nitrogen and oxygen atoms in total. The average molecular weight is 246 g/mol. The van der Waals surface area contributed by atoms with Crippen molar-refractivity contribution in [1.29, 1.82) is 0 Å². The van der Waals surface area contributed by atoms with Gasteiger partial charge in [0.15, 0.2) is 0 Å². The minimum Gasteiger partial charge on any atom is -0.480 e. The molecule has 1 unspecified atom stereocenters. The molecule has 7 heteroatoms. The largest absolute Gasteiger partial charge is 0.480 e. The van der Waals surface area contributed by atoms with Crippen molar-refractivity contribution in [3.05, 3.63) is 0 Å². The summed E-state index contributed by atoms with van der Waals surface area (Å²) in [5.74, 6) is -3.06. The van der Waals surface area contributed by atoms with E-state index in [-0.39, 0.29) is 18.8 Å². The van der Waals surface area contributed by atoms with Crippen LogP contribution in [-0.2, 0) is 14.4 Å². The Labute approximate surface area is 99.0 Å². The van der Waals surface area contributed by atoms with Gasteiger partial charge in [-0.15, -0.1) is 0 Å². The van der Waals surface area contributed by atoms with E-state index >= 15 is 0 Å². The lowest BCUT2D eigenvalue weighted by Gasteiger charge is -2.18.